The minimum atomic E-state index is -1.18. The van der Waals surface area contributed by atoms with Crippen LogP contribution in [-0.2, 0) is 30.3 Å². The van der Waals surface area contributed by atoms with Gasteiger partial charge in [-0.15, -0.1) is 0 Å². The quantitative estimate of drug-likeness (QED) is 0.385. The Morgan fingerprint density at radius 1 is 1.09 bits per heavy atom. The number of fused-ring (bicyclic) bond motifs is 1. The fourth-order valence-corrected chi connectivity index (χ4v) is 4.97. The summed E-state index contributed by atoms with van der Waals surface area (Å²) >= 11 is 0. The van der Waals surface area contributed by atoms with Crippen molar-refractivity contribution in [1.29, 1.82) is 0 Å². The molecule has 2 unspecified atom stereocenters. The van der Waals surface area contributed by atoms with Crippen LogP contribution in [0.3, 0.4) is 0 Å². The molecule has 0 bridgehead atoms. The number of ether oxygens (including phenoxy) is 3. The molecule has 2 aromatic rings. The summed E-state index contributed by atoms with van der Waals surface area (Å²) in [4.78, 5) is 93.6. The second-order valence-corrected chi connectivity index (χ2v) is 12.1. The molecule has 2 N–H and O–H groups in total. The highest BCUT2D eigenvalue weighted by Crippen LogP contribution is 2.22. The number of hydrogen-bond acceptors (Lipinski definition) is 10. The van der Waals surface area contributed by atoms with Gasteiger partial charge in [0, 0.05) is 48.9 Å². The van der Waals surface area contributed by atoms with Crippen LogP contribution < -0.4 is 16.6 Å². The Morgan fingerprint density at radius 2 is 1.78 bits per heavy atom. The number of methoxy groups -OCH3 is 1. The van der Waals surface area contributed by atoms with Gasteiger partial charge in [-0.3, -0.25) is 33.5 Å². The van der Waals surface area contributed by atoms with E-state index in [2.05, 4.69) is 10.3 Å². The Balaban J connectivity index is 2.04. The van der Waals surface area contributed by atoms with Crippen LogP contribution in [0.1, 0.15) is 79.2 Å². The third-order valence-electron chi connectivity index (χ3n) is 7.30. The largest absolute Gasteiger partial charge is 0.468 e. The van der Waals surface area contributed by atoms with Crippen LogP contribution in [0.4, 0.5) is 4.79 Å². The number of rotatable bonds is 9. The Morgan fingerprint density at radius 3 is 2.46 bits per heavy atom. The van der Waals surface area contributed by atoms with Crippen molar-refractivity contribution in [3.05, 3.63) is 68.0 Å². The number of nitrogens with one attached hydrogen (secondary N) is 2. The van der Waals surface area contributed by atoms with Crippen molar-refractivity contribution in [3.8, 4) is 0 Å². The van der Waals surface area contributed by atoms with Crippen molar-refractivity contribution in [1.82, 2.24) is 19.8 Å². The first-order valence-corrected chi connectivity index (χ1v) is 15.1. The normalized spacial score (nSPS) is 16.4. The van der Waals surface area contributed by atoms with Gasteiger partial charge in [-0.05, 0) is 40.5 Å². The molecule has 0 radical (unpaired) electrons. The average Bonchev–Trinajstić information content (AvgIpc) is 3.01. The van der Waals surface area contributed by atoms with Crippen molar-refractivity contribution in [2.75, 3.05) is 26.8 Å². The number of H-pyrrole nitrogens is 1. The molecule has 0 saturated carbocycles. The Labute approximate surface area is 266 Å². The van der Waals surface area contributed by atoms with Crippen molar-refractivity contribution >= 4 is 29.5 Å². The van der Waals surface area contributed by atoms with Gasteiger partial charge in [0.25, 0.3) is 5.56 Å². The average molecular weight is 643 g/mol. The molecule has 14 heteroatoms. The summed E-state index contributed by atoms with van der Waals surface area (Å²) in [5, 5.41) is 2.60. The van der Waals surface area contributed by atoms with Gasteiger partial charge in [0.1, 0.15) is 24.8 Å². The molecule has 1 aliphatic rings. The molecule has 0 saturated heterocycles. The van der Waals surface area contributed by atoms with Crippen molar-refractivity contribution in [2.45, 2.75) is 84.1 Å². The number of esters is 1. The molecule has 2 atom stereocenters. The Bertz CT molecular complexity index is 1550. The zero-order valence-corrected chi connectivity index (χ0v) is 26.9. The van der Waals surface area contributed by atoms with Crippen molar-refractivity contribution in [2.24, 2.45) is 0 Å². The van der Waals surface area contributed by atoms with E-state index in [0.29, 0.717) is 19.3 Å². The molecule has 3 rings (SSSR count). The Hall–Kier alpha value is -4.59. The van der Waals surface area contributed by atoms with E-state index in [0.717, 1.165) is 16.6 Å². The summed E-state index contributed by atoms with van der Waals surface area (Å²) in [6.07, 6.45) is 1.22. The topological polar surface area (TPSA) is 183 Å². The van der Waals surface area contributed by atoms with Crippen LogP contribution >= 0.6 is 0 Å². The third kappa shape index (κ3) is 10.2. The lowest BCUT2D eigenvalue weighted by molar-refractivity contribution is -0.149. The molecular formula is C32H42N4O10. The van der Waals surface area contributed by atoms with E-state index in [1.807, 2.05) is 0 Å². The van der Waals surface area contributed by atoms with E-state index in [9.17, 15) is 33.6 Å². The number of amides is 2. The number of ketones is 2. The number of aromatic amines is 1. The number of hydrogen-bond donors (Lipinski definition) is 2. The summed E-state index contributed by atoms with van der Waals surface area (Å²) in [5.74, 6) is -2.20. The van der Waals surface area contributed by atoms with Gasteiger partial charge in [0.15, 0.2) is 11.6 Å². The molecule has 0 aliphatic carbocycles. The number of carbonyl (C=O) groups is 5. The van der Waals surface area contributed by atoms with Gasteiger partial charge in [0.2, 0.25) is 5.91 Å². The SMILES string of the molecule is COC(=O)CN(C(=O)Cn1cc(C)c(=O)[nH]c1=O)C(CNC(=O)OC(C)(C)C)CC1OCCCCCC(=O)c2ccccc2C1=O. The number of benzene rings is 1. The molecule has 14 nitrogen and oxygen atoms in total. The molecule has 1 aromatic heterocycles. The number of nitrogens with zero attached hydrogens (tertiary/aromatic N) is 2. The minimum absolute atomic E-state index is 0.166. The number of aryl methyl sites for hydroxylation is 1. The standard InChI is InChI=1S/C32H42N4O10/c1-20-17-35(30(42)34-29(20)41)18-26(38)36(19-27(39)44-5)21(16-33-31(43)46-32(2,3)4)15-25-28(40)23-12-9-8-11-22(23)24(37)13-7-6-10-14-45-25/h8-9,11-12,17,21,25H,6-7,10,13-16,18-19H2,1-5H3,(H,33,43)(H,34,41,42). The molecule has 1 aliphatic heterocycles. The zero-order valence-electron chi connectivity index (χ0n) is 26.9. The molecule has 2 heterocycles. The zero-order chi connectivity index (χ0) is 34.0. The fourth-order valence-electron chi connectivity index (χ4n) is 4.97. The Kier molecular flexibility index (Phi) is 12.6. The van der Waals surface area contributed by atoms with Crippen LogP contribution in [0.25, 0.3) is 0 Å². The van der Waals surface area contributed by atoms with Gasteiger partial charge in [-0.1, -0.05) is 30.7 Å². The molecule has 46 heavy (non-hydrogen) atoms. The van der Waals surface area contributed by atoms with Crippen LogP contribution in [0.5, 0.6) is 0 Å². The lowest BCUT2D eigenvalue weighted by atomic mass is 9.93. The lowest BCUT2D eigenvalue weighted by Crippen LogP contribution is -2.53. The van der Waals surface area contributed by atoms with Gasteiger partial charge in [-0.25, -0.2) is 9.59 Å². The maximum absolute atomic E-state index is 14.0. The monoisotopic (exact) mass is 642 g/mol. The molecular weight excluding hydrogens is 600 g/mol. The third-order valence-corrected chi connectivity index (χ3v) is 7.30. The highest BCUT2D eigenvalue weighted by atomic mass is 16.6. The lowest BCUT2D eigenvalue weighted by Gasteiger charge is -2.34. The second-order valence-electron chi connectivity index (χ2n) is 12.1. The molecule has 0 fully saturated rings. The van der Waals surface area contributed by atoms with Crippen molar-refractivity contribution < 1.29 is 38.2 Å². The van der Waals surface area contributed by atoms with Gasteiger partial charge >= 0.3 is 17.8 Å². The number of Topliss-reactive ketones (excluding diaryl/α,β-unsaturated/α-hetero) is 2. The van der Waals surface area contributed by atoms with Crippen LogP contribution in [0.15, 0.2) is 40.1 Å². The number of alkyl carbamates (subject to hydrolysis) is 1. The van der Waals surface area contributed by atoms with E-state index in [1.54, 1.807) is 45.0 Å². The minimum Gasteiger partial charge on any atom is -0.468 e. The predicted molar refractivity (Wildman–Crippen MR) is 166 cm³/mol. The first-order valence-electron chi connectivity index (χ1n) is 15.1. The van der Waals surface area contributed by atoms with E-state index in [1.165, 1.54) is 13.1 Å². The predicted octanol–water partition coefficient (Wildman–Crippen LogP) is 2.15. The van der Waals surface area contributed by atoms with Crippen molar-refractivity contribution in [3.63, 3.8) is 0 Å². The summed E-state index contributed by atoms with van der Waals surface area (Å²) in [6.45, 7) is 5.24. The van der Waals surface area contributed by atoms with Gasteiger partial charge in [0.05, 0.1) is 13.2 Å². The van der Waals surface area contributed by atoms with Crippen LogP contribution in [-0.4, -0.2) is 88.5 Å². The fraction of sp³-hybridized carbons (Fsp3) is 0.531. The molecule has 250 valence electrons. The second kappa shape index (κ2) is 16.1. The summed E-state index contributed by atoms with van der Waals surface area (Å²) < 4.78 is 17.2. The molecule has 2 amide bonds. The van der Waals surface area contributed by atoms with E-state index >= 15 is 0 Å². The van der Waals surface area contributed by atoms with Crippen LogP contribution in [0.2, 0.25) is 0 Å². The maximum Gasteiger partial charge on any atom is 0.407 e. The summed E-state index contributed by atoms with van der Waals surface area (Å²) in [7, 11) is 1.14. The van der Waals surface area contributed by atoms with Gasteiger partial charge < -0.3 is 24.4 Å². The van der Waals surface area contributed by atoms with E-state index in [-0.39, 0.29) is 48.5 Å². The summed E-state index contributed by atoms with van der Waals surface area (Å²) in [5.41, 5.74) is -1.68. The highest BCUT2D eigenvalue weighted by Gasteiger charge is 2.34. The van der Waals surface area contributed by atoms with Gasteiger partial charge in [-0.2, -0.15) is 0 Å². The highest BCUT2D eigenvalue weighted by molar-refractivity contribution is 6.10. The first-order chi connectivity index (χ1) is 21.7. The molecule has 0 spiro atoms. The number of carbonyl (C=O) groups excluding carboxylic acids is 5. The number of aromatic nitrogens is 2. The smallest absolute Gasteiger partial charge is 0.407 e. The van der Waals surface area contributed by atoms with E-state index < -0.39 is 65.8 Å². The molecule has 1 aromatic carbocycles. The maximum atomic E-state index is 14.0. The first kappa shape index (κ1) is 35.9. The van der Waals surface area contributed by atoms with Crippen LogP contribution in [0, 0.1) is 6.92 Å². The summed E-state index contributed by atoms with van der Waals surface area (Å²) in [6, 6.07) is 5.38. The van der Waals surface area contributed by atoms with E-state index in [4.69, 9.17) is 14.2 Å².